The Morgan fingerprint density at radius 1 is 0.931 bits per heavy atom. The van der Waals surface area contributed by atoms with Crippen molar-refractivity contribution in [3.05, 3.63) is 99.7 Å². The van der Waals surface area contributed by atoms with Crippen LogP contribution in [0.2, 0.25) is 10.0 Å². The summed E-state index contributed by atoms with van der Waals surface area (Å²) in [6.07, 6.45) is 1.72. The predicted octanol–water partition coefficient (Wildman–Crippen LogP) is 5.84. The van der Waals surface area contributed by atoms with Crippen LogP contribution in [-0.4, -0.2) is 18.9 Å². The second-order valence-corrected chi connectivity index (χ2v) is 7.15. The van der Waals surface area contributed by atoms with Crippen molar-refractivity contribution in [1.29, 1.82) is 0 Å². The van der Waals surface area contributed by atoms with Crippen LogP contribution in [0.4, 0.5) is 5.69 Å². The summed E-state index contributed by atoms with van der Waals surface area (Å²) in [6, 6.07) is 21.8. The van der Waals surface area contributed by atoms with Crippen LogP contribution in [0.3, 0.4) is 0 Å². The lowest BCUT2D eigenvalue weighted by Crippen LogP contribution is -2.32. The molecule has 1 aliphatic heterocycles. The van der Waals surface area contributed by atoms with Crippen molar-refractivity contribution in [2.24, 2.45) is 4.99 Å². The number of amidine groups is 1. The Bertz CT molecular complexity index is 1140. The van der Waals surface area contributed by atoms with Gasteiger partial charge in [-0.15, -0.1) is 0 Å². The second-order valence-electron chi connectivity index (χ2n) is 6.30. The van der Waals surface area contributed by atoms with E-state index < -0.39 is 0 Å². The summed E-state index contributed by atoms with van der Waals surface area (Å²) >= 11 is 12.4. The van der Waals surface area contributed by atoms with Crippen molar-refractivity contribution >= 4 is 46.7 Å². The number of halogens is 2. The van der Waals surface area contributed by atoms with Gasteiger partial charge in [-0.1, -0.05) is 53.5 Å². The Balaban J connectivity index is 1.86. The fourth-order valence-corrected chi connectivity index (χ4v) is 3.45. The van der Waals surface area contributed by atoms with E-state index in [1.54, 1.807) is 48.4 Å². The molecule has 1 aliphatic rings. The van der Waals surface area contributed by atoms with Gasteiger partial charge in [0.05, 0.1) is 17.8 Å². The molecule has 0 saturated heterocycles. The summed E-state index contributed by atoms with van der Waals surface area (Å²) in [5, 5.41) is 1.10. The molecular formula is C23H16Cl2N2O2. The average Bonchev–Trinajstić information content (AvgIpc) is 3.05. The summed E-state index contributed by atoms with van der Waals surface area (Å²) in [7, 11) is 1.59. The molecule has 29 heavy (non-hydrogen) atoms. The zero-order valence-corrected chi connectivity index (χ0v) is 17.0. The Kier molecular flexibility index (Phi) is 5.38. The molecule has 0 fully saturated rings. The SMILES string of the molecule is COc1ccccc1/C=C1/N=C(c2ccccc2Cl)N(c2ccc(Cl)cc2)C1=O. The number of nitrogens with zero attached hydrogens (tertiary/aromatic N) is 2. The topological polar surface area (TPSA) is 41.9 Å². The molecular weight excluding hydrogens is 407 g/mol. The number of hydrogen-bond acceptors (Lipinski definition) is 3. The zero-order valence-electron chi connectivity index (χ0n) is 15.5. The fraction of sp³-hybridized carbons (Fsp3) is 0.0435. The highest BCUT2D eigenvalue weighted by molar-refractivity contribution is 6.39. The molecule has 3 aromatic carbocycles. The maximum Gasteiger partial charge on any atom is 0.282 e. The first-order valence-electron chi connectivity index (χ1n) is 8.87. The number of amides is 1. The van der Waals surface area contributed by atoms with E-state index in [0.29, 0.717) is 38.6 Å². The van der Waals surface area contributed by atoms with E-state index in [1.807, 2.05) is 42.5 Å². The summed E-state index contributed by atoms with van der Waals surface area (Å²) in [5.41, 5.74) is 2.38. The minimum absolute atomic E-state index is 0.256. The van der Waals surface area contributed by atoms with E-state index >= 15 is 0 Å². The third-order valence-corrected chi connectivity index (χ3v) is 5.07. The molecule has 0 N–H and O–H groups in total. The van der Waals surface area contributed by atoms with E-state index in [9.17, 15) is 4.79 Å². The standard InChI is InChI=1S/C23H16Cl2N2O2/c1-29-21-9-5-2-6-15(21)14-20-23(28)27(17-12-10-16(24)11-13-17)22(26-20)18-7-3-4-8-19(18)25/h2-14H,1H3/b20-14+. The van der Waals surface area contributed by atoms with E-state index in [-0.39, 0.29) is 5.91 Å². The van der Waals surface area contributed by atoms with Crippen molar-refractivity contribution < 1.29 is 9.53 Å². The normalized spacial score (nSPS) is 15.0. The van der Waals surface area contributed by atoms with Crippen LogP contribution in [-0.2, 0) is 4.79 Å². The lowest BCUT2D eigenvalue weighted by molar-refractivity contribution is -0.113. The van der Waals surface area contributed by atoms with Gasteiger partial charge in [-0.25, -0.2) is 4.99 Å². The second kappa shape index (κ2) is 8.11. The molecule has 0 unspecified atom stereocenters. The molecule has 0 saturated carbocycles. The van der Waals surface area contributed by atoms with Crippen LogP contribution < -0.4 is 9.64 Å². The Labute approximate surface area is 178 Å². The Morgan fingerprint density at radius 2 is 1.62 bits per heavy atom. The van der Waals surface area contributed by atoms with Gasteiger partial charge in [0.2, 0.25) is 0 Å². The molecule has 4 nitrogen and oxygen atoms in total. The first kappa shape index (κ1) is 19.2. The summed E-state index contributed by atoms with van der Waals surface area (Å²) in [4.78, 5) is 19.5. The molecule has 0 bridgehead atoms. The molecule has 0 radical (unpaired) electrons. The van der Waals surface area contributed by atoms with Crippen LogP contribution in [0.15, 0.2) is 83.5 Å². The lowest BCUT2D eigenvalue weighted by atomic mass is 10.1. The maximum absolute atomic E-state index is 13.3. The molecule has 0 aromatic heterocycles. The number of rotatable bonds is 4. The smallest absolute Gasteiger partial charge is 0.282 e. The molecule has 1 amide bonds. The number of para-hydroxylation sites is 1. The number of carbonyl (C=O) groups excluding carboxylic acids is 1. The van der Waals surface area contributed by atoms with Gasteiger partial charge in [0.15, 0.2) is 0 Å². The zero-order chi connectivity index (χ0) is 20.4. The Hall–Kier alpha value is -3.08. The highest BCUT2D eigenvalue weighted by Crippen LogP contribution is 2.32. The predicted molar refractivity (Wildman–Crippen MR) is 118 cm³/mol. The molecule has 3 aromatic rings. The number of hydrogen-bond donors (Lipinski definition) is 0. The van der Waals surface area contributed by atoms with E-state index in [2.05, 4.69) is 4.99 Å². The number of ether oxygens (including phenoxy) is 1. The summed E-state index contributed by atoms with van der Waals surface area (Å²) < 4.78 is 5.39. The minimum atomic E-state index is -0.256. The van der Waals surface area contributed by atoms with Crippen LogP contribution >= 0.6 is 23.2 Å². The molecule has 0 spiro atoms. The number of methoxy groups -OCH3 is 1. The number of anilines is 1. The number of aliphatic imine (C=N–C) groups is 1. The van der Waals surface area contributed by atoms with Crippen molar-refractivity contribution in [3.63, 3.8) is 0 Å². The van der Waals surface area contributed by atoms with Crippen LogP contribution in [0.1, 0.15) is 11.1 Å². The lowest BCUT2D eigenvalue weighted by Gasteiger charge is -2.19. The van der Waals surface area contributed by atoms with Gasteiger partial charge in [-0.05, 0) is 48.5 Å². The van der Waals surface area contributed by atoms with Gasteiger partial charge in [0.25, 0.3) is 5.91 Å². The van der Waals surface area contributed by atoms with Crippen molar-refractivity contribution in [3.8, 4) is 5.75 Å². The van der Waals surface area contributed by atoms with Gasteiger partial charge in [0.1, 0.15) is 17.3 Å². The van der Waals surface area contributed by atoms with Gasteiger partial charge in [0, 0.05) is 16.1 Å². The van der Waals surface area contributed by atoms with E-state index in [4.69, 9.17) is 27.9 Å². The van der Waals surface area contributed by atoms with Crippen LogP contribution in [0, 0.1) is 0 Å². The average molecular weight is 423 g/mol. The third kappa shape index (κ3) is 3.77. The van der Waals surface area contributed by atoms with Gasteiger partial charge < -0.3 is 4.74 Å². The van der Waals surface area contributed by atoms with Crippen molar-refractivity contribution in [2.75, 3.05) is 12.0 Å². The van der Waals surface area contributed by atoms with E-state index in [1.165, 1.54) is 0 Å². The minimum Gasteiger partial charge on any atom is -0.496 e. The van der Waals surface area contributed by atoms with Crippen molar-refractivity contribution in [1.82, 2.24) is 0 Å². The Morgan fingerprint density at radius 3 is 2.34 bits per heavy atom. The quantitative estimate of drug-likeness (QED) is 0.495. The first-order valence-corrected chi connectivity index (χ1v) is 9.62. The summed E-state index contributed by atoms with van der Waals surface area (Å²) in [6.45, 7) is 0. The monoisotopic (exact) mass is 422 g/mol. The first-order chi connectivity index (χ1) is 14.1. The fourth-order valence-electron chi connectivity index (χ4n) is 3.10. The molecule has 0 aliphatic carbocycles. The third-order valence-electron chi connectivity index (χ3n) is 4.49. The van der Waals surface area contributed by atoms with Crippen LogP contribution in [0.25, 0.3) is 6.08 Å². The highest BCUT2D eigenvalue weighted by Gasteiger charge is 2.33. The van der Waals surface area contributed by atoms with E-state index in [0.717, 1.165) is 5.56 Å². The van der Waals surface area contributed by atoms with Crippen molar-refractivity contribution in [2.45, 2.75) is 0 Å². The molecule has 4 rings (SSSR count). The largest absolute Gasteiger partial charge is 0.496 e. The van der Waals surface area contributed by atoms with Crippen LogP contribution in [0.5, 0.6) is 5.75 Å². The van der Waals surface area contributed by atoms with Gasteiger partial charge in [-0.2, -0.15) is 0 Å². The maximum atomic E-state index is 13.3. The highest BCUT2D eigenvalue weighted by atomic mass is 35.5. The number of benzene rings is 3. The van der Waals surface area contributed by atoms with Gasteiger partial charge >= 0.3 is 0 Å². The number of carbonyl (C=O) groups is 1. The molecule has 1 heterocycles. The molecule has 144 valence electrons. The molecule has 6 heteroatoms. The molecule has 0 atom stereocenters. The van der Waals surface area contributed by atoms with Gasteiger partial charge in [-0.3, -0.25) is 9.69 Å². The summed E-state index contributed by atoms with van der Waals surface area (Å²) in [5.74, 6) is 0.865.